The van der Waals surface area contributed by atoms with Crippen LogP contribution < -0.4 is 9.80 Å². The molecular weight excluding hydrogens is 402 g/mol. The van der Waals surface area contributed by atoms with E-state index in [1.54, 1.807) is 38.4 Å². The lowest BCUT2D eigenvalue weighted by atomic mass is 10.0. The monoisotopic (exact) mass is 420 g/mol. The number of carbonyl (C=O) groups is 2. The summed E-state index contributed by atoms with van der Waals surface area (Å²) in [5, 5.41) is 0. The molecule has 0 saturated carbocycles. The van der Waals surface area contributed by atoms with Gasteiger partial charge in [0.1, 0.15) is 11.6 Å². The molecule has 0 bridgehead atoms. The van der Waals surface area contributed by atoms with Crippen LogP contribution in [0.2, 0.25) is 0 Å². The Kier molecular flexibility index (Phi) is 5.09. The lowest BCUT2D eigenvalue weighted by Crippen LogP contribution is -2.31. The zero-order chi connectivity index (χ0) is 20.0. The van der Waals surface area contributed by atoms with Crippen LogP contribution in [0.4, 0.5) is 20.2 Å². The third kappa shape index (κ3) is 3.18. The van der Waals surface area contributed by atoms with Gasteiger partial charge in [0.25, 0.3) is 0 Å². The summed E-state index contributed by atoms with van der Waals surface area (Å²) in [6, 6.07) is 6.73. The first-order valence-corrected chi connectivity index (χ1v) is 11.0. The van der Waals surface area contributed by atoms with Gasteiger partial charge in [0.2, 0.25) is 11.8 Å². The molecule has 8 heteroatoms. The number of benzene rings is 2. The van der Waals surface area contributed by atoms with Crippen LogP contribution in [0.15, 0.2) is 34.1 Å². The molecule has 0 radical (unpaired) electrons. The number of rotatable bonds is 3. The van der Waals surface area contributed by atoms with Gasteiger partial charge in [-0.2, -0.15) is 0 Å². The number of hydrogen-bond acceptors (Lipinski definition) is 4. The Hall–Kier alpha value is -2.06. The van der Waals surface area contributed by atoms with Crippen LogP contribution in [0.3, 0.4) is 0 Å². The average molecular weight is 421 g/mol. The van der Waals surface area contributed by atoms with Crippen LogP contribution in [0.25, 0.3) is 0 Å². The van der Waals surface area contributed by atoms with Crippen molar-refractivity contribution in [1.82, 2.24) is 0 Å². The predicted molar refractivity (Wildman–Crippen MR) is 108 cm³/mol. The maximum atomic E-state index is 14.9. The largest absolute Gasteiger partial charge is 0.315 e. The smallest absolute Gasteiger partial charge is 0.227 e. The number of fused-ring (bicyclic) bond motifs is 2. The van der Waals surface area contributed by atoms with E-state index in [1.807, 2.05) is 0 Å². The van der Waals surface area contributed by atoms with E-state index in [2.05, 4.69) is 0 Å². The fourth-order valence-corrected chi connectivity index (χ4v) is 5.70. The summed E-state index contributed by atoms with van der Waals surface area (Å²) in [6.07, 6.45) is 1.31. The summed E-state index contributed by atoms with van der Waals surface area (Å²) in [6.45, 7) is 0. The lowest BCUT2D eigenvalue weighted by Gasteiger charge is -2.27. The second kappa shape index (κ2) is 7.40. The lowest BCUT2D eigenvalue weighted by molar-refractivity contribution is -0.119. The molecule has 4 nitrogen and oxygen atoms in total. The highest BCUT2D eigenvalue weighted by Crippen LogP contribution is 2.44. The second-order valence-electron chi connectivity index (χ2n) is 6.82. The SMILES string of the molecule is CN1C(=O)CCc2c1ccc(SSc1ccc3c(c1F)CCC(=O)N3C)c2F. The summed E-state index contributed by atoms with van der Waals surface area (Å²) in [5.41, 5.74) is 2.24. The second-order valence-corrected chi connectivity index (χ2v) is 9.04. The van der Waals surface area contributed by atoms with E-state index in [4.69, 9.17) is 0 Å². The molecule has 4 rings (SSSR count). The summed E-state index contributed by atoms with van der Waals surface area (Å²) in [4.78, 5) is 27.4. The van der Waals surface area contributed by atoms with Gasteiger partial charge in [-0.1, -0.05) is 0 Å². The molecule has 0 aliphatic carbocycles. The normalized spacial score (nSPS) is 16.3. The van der Waals surface area contributed by atoms with Gasteiger partial charge in [-0.15, -0.1) is 0 Å². The zero-order valence-corrected chi connectivity index (χ0v) is 17.1. The van der Waals surface area contributed by atoms with Crippen LogP contribution >= 0.6 is 21.6 Å². The quantitative estimate of drug-likeness (QED) is 0.682. The molecule has 2 heterocycles. The summed E-state index contributed by atoms with van der Waals surface area (Å²) in [5.74, 6) is -0.751. The van der Waals surface area contributed by atoms with Gasteiger partial charge < -0.3 is 9.80 Å². The standard InChI is InChI=1S/C20H18F2N2O2S2/c1-23-13-5-7-15(19(21)11(13)3-9-17(23)25)27-28-16-8-6-14-12(20(16)22)4-10-18(26)24(14)2/h5-8H,3-4,9-10H2,1-2H3. The van der Waals surface area contributed by atoms with Crippen LogP contribution in [0.5, 0.6) is 0 Å². The van der Waals surface area contributed by atoms with Gasteiger partial charge in [-0.3, -0.25) is 9.59 Å². The first kappa shape index (κ1) is 19.3. The maximum Gasteiger partial charge on any atom is 0.227 e. The first-order chi connectivity index (χ1) is 13.4. The van der Waals surface area contributed by atoms with Crippen molar-refractivity contribution in [3.8, 4) is 0 Å². The van der Waals surface area contributed by atoms with Crippen molar-refractivity contribution in [1.29, 1.82) is 0 Å². The van der Waals surface area contributed by atoms with Crippen molar-refractivity contribution in [3.05, 3.63) is 47.0 Å². The van der Waals surface area contributed by atoms with Crippen molar-refractivity contribution < 1.29 is 18.4 Å². The van der Waals surface area contributed by atoms with E-state index in [-0.39, 0.29) is 36.3 Å². The molecule has 2 aromatic carbocycles. The molecule has 2 aliphatic rings. The van der Waals surface area contributed by atoms with Gasteiger partial charge in [-0.25, -0.2) is 8.78 Å². The third-order valence-corrected chi connectivity index (χ3v) is 7.64. The first-order valence-electron chi connectivity index (χ1n) is 8.89. The molecule has 2 amide bonds. The Morgan fingerprint density at radius 2 is 1.11 bits per heavy atom. The topological polar surface area (TPSA) is 40.6 Å². The minimum Gasteiger partial charge on any atom is -0.315 e. The molecule has 0 atom stereocenters. The molecule has 0 saturated heterocycles. The predicted octanol–water partition coefficient (Wildman–Crippen LogP) is 4.58. The Morgan fingerprint density at radius 3 is 1.50 bits per heavy atom. The van der Waals surface area contributed by atoms with E-state index in [0.29, 0.717) is 45.1 Å². The highest BCUT2D eigenvalue weighted by molar-refractivity contribution is 8.76. The molecular formula is C20H18F2N2O2S2. The Morgan fingerprint density at radius 1 is 0.714 bits per heavy atom. The van der Waals surface area contributed by atoms with E-state index in [1.165, 1.54) is 9.80 Å². The van der Waals surface area contributed by atoms with Gasteiger partial charge in [0, 0.05) is 49.4 Å². The van der Waals surface area contributed by atoms with Crippen LogP contribution in [-0.4, -0.2) is 25.9 Å². The van der Waals surface area contributed by atoms with Crippen LogP contribution in [-0.2, 0) is 22.4 Å². The van der Waals surface area contributed by atoms with E-state index in [0.717, 1.165) is 21.6 Å². The van der Waals surface area contributed by atoms with Gasteiger partial charge in [0.15, 0.2) is 0 Å². The number of halogens is 2. The van der Waals surface area contributed by atoms with Crippen molar-refractivity contribution in [2.45, 2.75) is 35.5 Å². The minimum absolute atomic E-state index is 0.0266. The summed E-state index contributed by atoms with van der Waals surface area (Å²) < 4.78 is 29.8. The Balaban J connectivity index is 1.58. The molecule has 0 spiro atoms. The highest BCUT2D eigenvalue weighted by Gasteiger charge is 2.27. The number of carbonyl (C=O) groups excluding carboxylic acids is 2. The molecule has 2 aromatic rings. The van der Waals surface area contributed by atoms with Crippen LogP contribution in [0, 0.1) is 11.6 Å². The molecule has 0 fully saturated rings. The molecule has 0 N–H and O–H groups in total. The number of amides is 2. The molecule has 2 aliphatic heterocycles. The zero-order valence-electron chi connectivity index (χ0n) is 15.4. The highest BCUT2D eigenvalue weighted by atomic mass is 33.1. The average Bonchev–Trinajstić information content (AvgIpc) is 2.68. The van der Waals surface area contributed by atoms with Crippen molar-refractivity contribution >= 4 is 44.8 Å². The van der Waals surface area contributed by atoms with Crippen LogP contribution in [0.1, 0.15) is 24.0 Å². The molecule has 146 valence electrons. The van der Waals surface area contributed by atoms with Gasteiger partial charge >= 0.3 is 0 Å². The minimum atomic E-state index is -0.349. The summed E-state index contributed by atoms with van der Waals surface area (Å²) in [7, 11) is 5.61. The Labute approximate surface area is 169 Å². The fourth-order valence-electron chi connectivity index (χ4n) is 3.57. The van der Waals surface area contributed by atoms with E-state index >= 15 is 0 Å². The van der Waals surface area contributed by atoms with E-state index in [9.17, 15) is 18.4 Å². The number of hydrogen-bond donors (Lipinski definition) is 0. The van der Waals surface area contributed by atoms with Gasteiger partial charge in [-0.05, 0) is 58.7 Å². The maximum absolute atomic E-state index is 14.9. The molecule has 0 aromatic heterocycles. The van der Waals surface area contributed by atoms with Crippen molar-refractivity contribution in [2.24, 2.45) is 0 Å². The van der Waals surface area contributed by atoms with Gasteiger partial charge in [0.05, 0.1) is 9.79 Å². The number of nitrogens with zero attached hydrogens (tertiary/aromatic N) is 2. The third-order valence-electron chi connectivity index (χ3n) is 5.24. The molecule has 28 heavy (non-hydrogen) atoms. The summed E-state index contributed by atoms with van der Waals surface area (Å²) >= 11 is 0. The molecule has 0 unspecified atom stereocenters. The fraction of sp³-hybridized carbons (Fsp3) is 0.300. The van der Waals surface area contributed by atoms with E-state index < -0.39 is 0 Å². The number of anilines is 2. The van der Waals surface area contributed by atoms with Crippen molar-refractivity contribution in [3.63, 3.8) is 0 Å². The van der Waals surface area contributed by atoms with Crippen molar-refractivity contribution in [2.75, 3.05) is 23.9 Å². The Bertz CT molecular complexity index is 917.